The van der Waals surface area contributed by atoms with Crippen molar-refractivity contribution in [3.05, 3.63) is 45.5 Å². The molecule has 0 bridgehead atoms. The molecule has 2 heterocycles. The van der Waals surface area contributed by atoms with Crippen LogP contribution in [0.2, 0.25) is 0 Å². The smallest absolute Gasteiger partial charge is 0.267 e. The Morgan fingerprint density at radius 1 is 1.12 bits per heavy atom. The molecular formula is C17H16N2O3S2. The lowest BCUT2D eigenvalue weighted by Gasteiger charge is -2.08. The molecule has 7 heteroatoms. The SMILES string of the molecule is COc1ccc(-c2csc(NC(=O)c3ccc(C)s3)n2)cc1OC. The first kappa shape index (κ1) is 16.5. The quantitative estimate of drug-likeness (QED) is 0.730. The minimum Gasteiger partial charge on any atom is -0.493 e. The summed E-state index contributed by atoms with van der Waals surface area (Å²) in [6, 6.07) is 9.35. The molecule has 0 saturated carbocycles. The Morgan fingerprint density at radius 3 is 2.58 bits per heavy atom. The largest absolute Gasteiger partial charge is 0.493 e. The van der Waals surface area contributed by atoms with Gasteiger partial charge in [0.25, 0.3) is 5.91 Å². The summed E-state index contributed by atoms with van der Waals surface area (Å²) in [7, 11) is 3.19. The summed E-state index contributed by atoms with van der Waals surface area (Å²) in [6.07, 6.45) is 0. The zero-order chi connectivity index (χ0) is 17.1. The van der Waals surface area contributed by atoms with Gasteiger partial charge in [0.2, 0.25) is 0 Å². The first-order valence-electron chi connectivity index (χ1n) is 7.16. The number of carbonyl (C=O) groups is 1. The monoisotopic (exact) mass is 360 g/mol. The lowest BCUT2D eigenvalue weighted by molar-refractivity contribution is 0.103. The van der Waals surface area contributed by atoms with Gasteiger partial charge in [0.1, 0.15) is 0 Å². The van der Waals surface area contributed by atoms with Gasteiger partial charge >= 0.3 is 0 Å². The summed E-state index contributed by atoms with van der Waals surface area (Å²) >= 11 is 2.85. The van der Waals surface area contributed by atoms with E-state index in [1.54, 1.807) is 14.2 Å². The molecule has 0 fully saturated rings. The molecule has 5 nitrogen and oxygen atoms in total. The average molecular weight is 360 g/mol. The predicted octanol–water partition coefficient (Wildman–Crippen LogP) is 4.45. The van der Waals surface area contributed by atoms with Gasteiger partial charge in [0, 0.05) is 15.8 Å². The van der Waals surface area contributed by atoms with Crippen LogP contribution >= 0.6 is 22.7 Å². The Labute approximate surface area is 147 Å². The molecule has 0 radical (unpaired) electrons. The van der Waals surface area contributed by atoms with E-state index in [1.807, 2.05) is 42.6 Å². The van der Waals surface area contributed by atoms with Gasteiger partial charge in [-0.1, -0.05) is 0 Å². The number of aryl methyl sites for hydroxylation is 1. The van der Waals surface area contributed by atoms with Gasteiger partial charge < -0.3 is 9.47 Å². The number of hydrogen-bond donors (Lipinski definition) is 1. The molecular weight excluding hydrogens is 344 g/mol. The summed E-state index contributed by atoms with van der Waals surface area (Å²) in [4.78, 5) is 18.4. The minimum atomic E-state index is -0.138. The van der Waals surface area contributed by atoms with E-state index in [1.165, 1.54) is 22.7 Å². The van der Waals surface area contributed by atoms with Crippen LogP contribution in [0.5, 0.6) is 11.5 Å². The van der Waals surface area contributed by atoms with Crippen LogP contribution in [0, 0.1) is 6.92 Å². The van der Waals surface area contributed by atoms with Crippen LogP contribution in [-0.2, 0) is 0 Å². The number of ether oxygens (including phenoxy) is 2. The zero-order valence-electron chi connectivity index (χ0n) is 13.5. The number of anilines is 1. The number of carbonyl (C=O) groups excluding carboxylic acids is 1. The number of hydrogen-bond acceptors (Lipinski definition) is 6. The van der Waals surface area contributed by atoms with Gasteiger partial charge in [0.15, 0.2) is 16.6 Å². The van der Waals surface area contributed by atoms with Gasteiger partial charge in [-0.3, -0.25) is 10.1 Å². The maximum Gasteiger partial charge on any atom is 0.267 e. The molecule has 0 saturated heterocycles. The highest BCUT2D eigenvalue weighted by Gasteiger charge is 2.13. The molecule has 0 unspecified atom stereocenters. The van der Waals surface area contributed by atoms with Crippen LogP contribution in [0.4, 0.5) is 5.13 Å². The van der Waals surface area contributed by atoms with E-state index in [0.717, 1.165) is 16.1 Å². The van der Waals surface area contributed by atoms with Crippen molar-refractivity contribution < 1.29 is 14.3 Å². The van der Waals surface area contributed by atoms with Crippen molar-refractivity contribution in [3.63, 3.8) is 0 Å². The second-order valence-electron chi connectivity index (χ2n) is 4.97. The van der Waals surface area contributed by atoms with E-state index in [2.05, 4.69) is 10.3 Å². The Hall–Kier alpha value is -2.38. The number of aromatic nitrogens is 1. The van der Waals surface area contributed by atoms with Gasteiger partial charge in [-0.2, -0.15) is 0 Å². The molecule has 1 amide bonds. The molecule has 3 rings (SSSR count). The summed E-state index contributed by atoms with van der Waals surface area (Å²) in [5, 5.41) is 5.30. The van der Waals surface area contributed by atoms with Crippen molar-refractivity contribution in [2.24, 2.45) is 0 Å². The van der Waals surface area contributed by atoms with Crippen molar-refractivity contribution in [2.45, 2.75) is 6.92 Å². The van der Waals surface area contributed by atoms with Crippen LogP contribution in [0.15, 0.2) is 35.7 Å². The third-order valence-corrected chi connectivity index (χ3v) is 5.13. The first-order valence-corrected chi connectivity index (χ1v) is 8.86. The predicted molar refractivity (Wildman–Crippen MR) is 97.7 cm³/mol. The Bertz CT molecular complexity index is 870. The number of thiophene rings is 1. The van der Waals surface area contributed by atoms with Gasteiger partial charge in [-0.15, -0.1) is 22.7 Å². The number of amides is 1. The van der Waals surface area contributed by atoms with Crippen molar-refractivity contribution in [1.82, 2.24) is 4.98 Å². The number of benzene rings is 1. The average Bonchev–Trinajstić information content (AvgIpc) is 3.23. The number of thiazole rings is 1. The summed E-state index contributed by atoms with van der Waals surface area (Å²) < 4.78 is 10.5. The van der Waals surface area contributed by atoms with Gasteiger partial charge in [0.05, 0.1) is 24.8 Å². The number of methoxy groups -OCH3 is 2. The summed E-state index contributed by atoms with van der Waals surface area (Å²) in [5.41, 5.74) is 1.68. The molecule has 1 N–H and O–H groups in total. The maximum absolute atomic E-state index is 12.2. The normalized spacial score (nSPS) is 10.5. The van der Waals surface area contributed by atoms with Crippen LogP contribution in [0.1, 0.15) is 14.5 Å². The van der Waals surface area contributed by atoms with Crippen LogP contribution in [0.25, 0.3) is 11.3 Å². The second kappa shape index (κ2) is 7.02. The lowest BCUT2D eigenvalue weighted by Crippen LogP contribution is -2.09. The highest BCUT2D eigenvalue weighted by molar-refractivity contribution is 7.15. The zero-order valence-corrected chi connectivity index (χ0v) is 15.1. The molecule has 1 aromatic carbocycles. The van der Waals surface area contributed by atoms with Crippen molar-refractivity contribution in [3.8, 4) is 22.8 Å². The van der Waals surface area contributed by atoms with E-state index in [-0.39, 0.29) is 5.91 Å². The van der Waals surface area contributed by atoms with Gasteiger partial charge in [-0.25, -0.2) is 4.98 Å². The maximum atomic E-state index is 12.2. The van der Waals surface area contributed by atoms with E-state index in [0.29, 0.717) is 21.5 Å². The molecule has 0 aliphatic carbocycles. The van der Waals surface area contributed by atoms with E-state index >= 15 is 0 Å². The van der Waals surface area contributed by atoms with E-state index < -0.39 is 0 Å². The molecule has 24 heavy (non-hydrogen) atoms. The van der Waals surface area contributed by atoms with Crippen LogP contribution in [0.3, 0.4) is 0 Å². The van der Waals surface area contributed by atoms with Crippen LogP contribution in [-0.4, -0.2) is 25.1 Å². The molecule has 2 aromatic heterocycles. The summed E-state index contributed by atoms with van der Waals surface area (Å²) in [5.74, 6) is 1.17. The number of rotatable bonds is 5. The van der Waals surface area contributed by atoms with E-state index in [4.69, 9.17) is 9.47 Å². The van der Waals surface area contributed by atoms with Crippen molar-refractivity contribution >= 4 is 33.7 Å². The fourth-order valence-corrected chi connectivity index (χ4v) is 3.65. The molecule has 124 valence electrons. The highest BCUT2D eigenvalue weighted by atomic mass is 32.1. The third kappa shape index (κ3) is 3.42. The standard InChI is InChI=1S/C17H16N2O3S2/c1-10-4-7-15(24-10)16(20)19-17-18-12(9-23-17)11-5-6-13(21-2)14(8-11)22-3/h4-9H,1-3H3,(H,18,19,20). The molecule has 0 spiro atoms. The highest BCUT2D eigenvalue weighted by Crippen LogP contribution is 2.33. The Morgan fingerprint density at radius 2 is 1.92 bits per heavy atom. The molecule has 0 atom stereocenters. The first-order chi connectivity index (χ1) is 11.6. The van der Waals surface area contributed by atoms with Gasteiger partial charge in [-0.05, 0) is 37.3 Å². The Kier molecular flexibility index (Phi) is 4.82. The van der Waals surface area contributed by atoms with Crippen molar-refractivity contribution in [1.29, 1.82) is 0 Å². The third-order valence-electron chi connectivity index (χ3n) is 3.37. The second-order valence-corrected chi connectivity index (χ2v) is 7.12. The lowest BCUT2D eigenvalue weighted by atomic mass is 10.1. The number of nitrogens with one attached hydrogen (secondary N) is 1. The number of nitrogens with zero attached hydrogens (tertiary/aromatic N) is 1. The Balaban J connectivity index is 1.79. The van der Waals surface area contributed by atoms with Crippen molar-refractivity contribution in [2.75, 3.05) is 19.5 Å². The fourth-order valence-electron chi connectivity index (χ4n) is 2.17. The minimum absolute atomic E-state index is 0.138. The fraction of sp³-hybridized carbons (Fsp3) is 0.176. The summed E-state index contributed by atoms with van der Waals surface area (Å²) in [6.45, 7) is 1.97. The van der Waals surface area contributed by atoms with E-state index in [9.17, 15) is 4.79 Å². The molecule has 0 aliphatic rings. The molecule has 3 aromatic rings. The molecule has 0 aliphatic heterocycles. The van der Waals surface area contributed by atoms with Crippen LogP contribution < -0.4 is 14.8 Å². The topological polar surface area (TPSA) is 60.5 Å².